The maximum absolute atomic E-state index is 14.0. The molecule has 3 heteroatoms. The van der Waals surface area contributed by atoms with Crippen molar-refractivity contribution in [3.63, 3.8) is 0 Å². The van der Waals surface area contributed by atoms with Gasteiger partial charge in [-0.25, -0.2) is 0 Å². The summed E-state index contributed by atoms with van der Waals surface area (Å²) in [5.74, 6) is 0.399. The van der Waals surface area contributed by atoms with E-state index in [1.807, 2.05) is 41.3 Å². The molecule has 2 aliphatic rings. The lowest BCUT2D eigenvalue weighted by molar-refractivity contribution is -0.149. The van der Waals surface area contributed by atoms with E-state index in [-0.39, 0.29) is 22.5 Å². The van der Waals surface area contributed by atoms with Crippen LogP contribution in [-0.4, -0.2) is 16.6 Å². The van der Waals surface area contributed by atoms with Crippen LogP contribution in [0.15, 0.2) is 60.7 Å². The van der Waals surface area contributed by atoms with Crippen LogP contribution in [0, 0.1) is 16.2 Å². The van der Waals surface area contributed by atoms with Crippen LogP contribution in [-0.2, 0) is 22.7 Å². The summed E-state index contributed by atoms with van der Waals surface area (Å²) in [5.41, 5.74) is 0.952. The summed E-state index contributed by atoms with van der Waals surface area (Å²) < 4.78 is 0. The van der Waals surface area contributed by atoms with Gasteiger partial charge in [0.15, 0.2) is 0 Å². The maximum atomic E-state index is 14.0. The second-order valence-corrected chi connectivity index (χ2v) is 9.27. The molecule has 0 aliphatic heterocycles. The monoisotopic (exact) mass is 375 g/mol. The molecule has 0 N–H and O–H groups in total. The Labute approximate surface area is 167 Å². The zero-order valence-electron chi connectivity index (χ0n) is 17.1. The molecular weight excluding hydrogens is 346 g/mol. The van der Waals surface area contributed by atoms with Crippen molar-refractivity contribution in [2.45, 2.75) is 53.1 Å². The Balaban J connectivity index is 1.70. The number of carbonyl (C=O) groups excluding carboxylic acids is 2. The van der Waals surface area contributed by atoms with Crippen LogP contribution >= 0.6 is 0 Å². The summed E-state index contributed by atoms with van der Waals surface area (Å²) >= 11 is 0. The normalized spacial score (nSPS) is 27.8. The largest absolute Gasteiger partial charge is 0.334 e. The Morgan fingerprint density at radius 2 is 1.36 bits per heavy atom. The van der Waals surface area contributed by atoms with Crippen molar-refractivity contribution in [3.8, 4) is 0 Å². The lowest BCUT2D eigenvalue weighted by Crippen LogP contribution is -2.48. The number of carbonyl (C=O) groups is 2. The van der Waals surface area contributed by atoms with Gasteiger partial charge in [-0.3, -0.25) is 9.59 Å². The number of benzene rings is 2. The zero-order chi connectivity index (χ0) is 20.0. The summed E-state index contributed by atoms with van der Waals surface area (Å²) in [4.78, 5) is 28.8. The van der Waals surface area contributed by atoms with Gasteiger partial charge in [-0.2, -0.15) is 0 Å². The molecule has 2 saturated carbocycles. The van der Waals surface area contributed by atoms with Crippen LogP contribution in [0.3, 0.4) is 0 Å². The molecule has 4 rings (SSSR count). The molecule has 2 aromatic carbocycles. The molecule has 0 radical (unpaired) electrons. The van der Waals surface area contributed by atoms with Gasteiger partial charge < -0.3 is 4.90 Å². The highest BCUT2D eigenvalue weighted by Gasteiger charge is 2.72. The van der Waals surface area contributed by atoms with Gasteiger partial charge in [-0.05, 0) is 29.4 Å². The van der Waals surface area contributed by atoms with Crippen molar-refractivity contribution < 1.29 is 9.59 Å². The molecule has 0 spiro atoms. The fourth-order valence-electron chi connectivity index (χ4n) is 5.44. The van der Waals surface area contributed by atoms with Crippen LogP contribution < -0.4 is 0 Å². The predicted molar refractivity (Wildman–Crippen MR) is 110 cm³/mol. The SMILES string of the molecule is CC1(C)[C@@]2(C(=O)N(Cc3ccccc3)Cc3ccccc3)CC[C@]1(C)C(=O)C2. The highest BCUT2D eigenvalue weighted by Crippen LogP contribution is 2.71. The smallest absolute Gasteiger partial charge is 0.230 e. The van der Waals surface area contributed by atoms with E-state index in [0.29, 0.717) is 19.5 Å². The van der Waals surface area contributed by atoms with E-state index in [4.69, 9.17) is 0 Å². The molecule has 2 atom stereocenters. The minimum Gasteiger partial charge on any atom is -0.334 e. The topological polar surface area (TPSA) is 37.4 Å². The minimum atomic E-state index is -0.581. The second kappa shape index (κ2) is 6.58. The number of ketones is 1. The third-order valence-electron chi connectivity index (χ3n) is 7.83. The molecule has 2 aromatic rings. The summed E-state index contributed by atoms with van der Waals surface area (Å²) in [6, 6.07) is 20.3. The average molecular weight is 376 g/mol. The molecule has 2 bridgehead atoms. The third-order valence-corrected chi connectivity index (χ3v) is 7.83. The molecule has 2 aliphatic carbocycles. The molecule has 0 aromatic heterocycles. The molecular formula is C25H29NO2. The van der Waals surface area contributed by atoms with Gasteiger partial charge in [-0.1, -0.05) is 81.4 Å². The quantitative estimate of drug-likeness (QED) is 0.737. The average Bonchev–Trinajstić information content (AvgIpc) is 2.99. The minimum absolute atomic E-state index is 0.139. The van der Waals surface area contributed by atoms with Gasteiger partial charge >= 0.3 is 0 Å². The van der Waals surface area contributed by atoms with Crippen LogP contribution in [0.1, 0.15) is 51.2 Å². The van der Waals surface area contributed by atoms with Crippen molar-refractivity contribution in [2.75, 3.05) is 0 Å². The molecule has 1 amide bonds. The molecule has 0 unspecified atom stereocenters. The van der Waals surface area contributed by atoms with E-state index < -0.39 is 5.41 Å². The van der Waals surface area contributed by atoms with Crippen molar-refractivity contribution in [3.05, 3.63) is 71.8 Å². The van der Waals surface area contributed by atoms with Crippen LogP contribution in [0.5, 0.6) is 0 Å². The van der Waals surface area contributed by atoms with Crippen LogP contribution in [0.2, 0.25) is 0 Å². The molecule has 3 nitrogen and oxygen atoms in total. The van der Waals surface area contributed by atoms with Gasteiger partial charge in [0.05, 0.1) is 5.41 Å². The van der Waals surface area contributed by atoms with Gasteiger partial charge in [0.1, 0.15) is 5.78 Å². The lowest BCUT2D eigenvalue weighted by atomic mass is 9.64. The van der Waals surface area contributed by atoms with Gasteiger partial charge in [0, 0.05) is 24.9 Å². The Morgan fingerprint density at radius 1 is 0.857 bits per heavy atom. The van der Waals surface area contributed by atoms with E-state index in [9.17, 15) is 9.59 Å². The first-order valence-corrected chi connectivity index (χ1v) is 10.2. The molecule has 146 valence electrons. The predicted octanol–water partition coefficient (Wildman–Crippen LogP) is 5.00. The number of rotatable bonds is 5. The third kappa shape index (κ3) is 2.63. The number of Topliss-reactive ketones (excluding diaryl/α,β-unsaturated/α-hetero) is 1. The number of hydrogen-bond donors (Lipinski definition) is 0. The molecule has 28 heavy (non-hydrogen) atoms. The van der Waals surface area contributed by atoms with Crippen molar-refractivity contribution in [2.24, 2.45) is 16.2 Å². The Morgan fingerprint density at radius 3 is 1.75 bits per heavy atom. The van der Waals surface area contributed by atoms with Crippen molar-refractivity contribution >= 4 is 11.7 Å². The zero-order valence-corrected chi connectivity index (χ0v) is 17.1. The standard InChI is InChI=1S/C25H29NO2/c1-23(2)24(3)14-15-25(23,16-21(24)27)22(28)26(17-19-10-6-4-7-11-19)18-20-12-8-5-9-13-20/h4-13H,14-18H2,1-3H3/t24-,25+/m1/s1. The van der Waals surface area contributed by atoms with E-state index in [2.05, 4.69) is 45.0 Å². The van der Waals surface area contributed by atoms with E-state index >= 15 is 0 Å². The van der Waals surface area contributed by atoms with Gasteiger partial charge in [-0.15, -0.1) is 0 Å². The van der Waals surface area contributed by atoms with E-state index in [1.54, 1.807) is 0 Å². The molecule has 0 heterocycles. The van der Waals surface area contributed by atoms with E-state index in [0.717, 1.165) is 24.0 Å². The summed E-state index contributed by atoms with van der Waals surface area (Å²) in [6.07, 6.45) is 2.01. The van der Waals surface area contributed by atoms with Crippen molar-refractivity contribution in [1.29, 1.82) is 0 Å². The maximum Gasteiger partial charge on any atom is 0.230 e. The number of nitrogens with zero attached hydrogens (tertiary/aromatic N) is 1. The Kier molecular flexibility index (Phi) is 4.45. The van der Waals surface area contributed by atoms with Crippen LogP contribution in [0.25, 0.3) is 0 Å². The van der Waals surface area contributed by atoms with Crippen LogP contribution in [0.4, 0.5) is 0 Å². The first-order valence-electron chi connectivity index (χ1n) is 10.2. The first-order chi connectivity index (χ1) is 13.3. The number of amides is 1. The summed E-state index contributed by atoms with van der Waals surface area (Å²) in [6.45, 7) is 7.46. The molecule has 0 saturated heterocycles. The Hall–Kier alpha value is -2.42. The summed E-state index contributed by atoms with van der Waals surface area (Å²) in [7, 11) is 0. The van der Waals surface area contributed by atoms with Gasteiger partial charge in [0.25, 0.3) is 0 Å². The highest BCUT2D eigenvalue weighted by molar-refractivity contribution is 5.99. The lowest BCUT2D eigenvalue weighted by Gasteiger charge is -2.41. The van der Waals surface area contributed by atoms with Crippen molar-refractivity contribution in [1.82, 2.24) is 4.90 Å². The summed E-state index contributed by atoms with van der Waals surface area (Å²) in [5, 5.41) is 0. The van der Waals surface area contributed by atoms with Gasteiger partial charge in [0.2, 0.25) is 5.91 Å². The molecule has 2 fully saturated rings. The fraction of sp³-hybridized carbons (Fsp3) is 0.440. The number of hydrogen-bond acceptors (Lipinski definition) is 2. The fourth-order valence-corrected chi connectivity index (χ4v) is 5.44. The number of fused-ring (bicyclic) bond motifs is 2. The highest BCUT2D eigenvalue weighted by atomic mass is 16.2. The first kappa shape index (κ1) is 18.9. The Bertz CT molecular complexity index is 848. The second-order valence-electron chi connectivity index (χ2n) is 9.27. The van der Waals surface area contributed by atoms with E-state index in [1.165, 1.54) is 0 Å².